The molecule has 18 nitrogen and oxygen atoms in total. The molecule has 5 N–H and O–H groups in total. The van der Waals surface area contributed by atoms with Crippen LogP contribution in [0.25, 0.3) is 0 Å². The number of amides is 6. The van der Waals surface area contributed by atoms with Crippen molar-refractivity contribution in [2.75, 3.05) is 78.9 Å². The number of methoxy groups -OCH3 is 2. The molecule has 1 unspecified atom stereocenters. The van der Waals surface area contributed by atoms with Crippen LogP contribution < -0.4 is 35.9 Å². The van der Waals surface area contributed by atoms with Gasteiger partial charge in [-0.3, -0.25) is 33.7 Å². The third-order valence-corrected chi connectivity index (χ3v) is 9.95. The average molecular weight is 890 g/mol. The first-order valence-electron chi connectivity index (χ1n) is 21.3. The fraction of sp³-hybridized carbons (Fsp3) is 0.457. The molecule has 1 aliphatic rings. The zero-order chi connectivity index (χ0) is 46.1. The number of nitrogens with two attached hydrogens (primary N) is 1. The van der Waals surface area contributed by atoms with E-state index in [-0.39, 0.29) is 54.4 Å². The molecule has 1 aliphatic heterocycles. The topological polar surface area (TPSA) is 240 Å². The largest absolute Gasteiger partial charge is 0.493 e. The van der Waals surface area contributed by atoms with Gasteiger partial charge < -0.3 is 54.9 Å². The van der Waals surface area contributed by atoms with Crippen LogP contribution in [0, 0.1) is 0 Å². The predicted molar refractivity (Wildman–Crippen MR) is 234 cm³/mol. The number of carbonyl (C=O) groups excluding carboxylic acids is 7. The number of hydrogen-bond acceptors (Lipinski definition) is 13. The van der Waals surface area contributed by atoms with Gasteiger partial charge in [0.25, 0.3) is 17.7 Å². The number of imide groups is 1. The fourth-order valence-corrected chi connectivity index (χ4v) is 6.72. The maximum absolute atomic E-state index is 13.1. The molecule has 64 heavy (non-hydrogen) atoms. The number of carbonyl (C=O) groups is 7. The lowest BCUT2D eigenvalue weighted by Crippen LogP contribution is -2.47. The molecule has 0 aromatic heterocycles. The van der Waals surface area contributed by atoms with Crippen LogP contribution in [0.5, 0.6) is 17.2 Å². The van der Waals surface area contributed by atoms with E-state index in [0.29, 0.717) is 89.0 Å². The van der Waals surface area contributed by atoms with E-state index in [4.69, 9.17) is 34.2 Å². The number of nitrogens with one attached hydrogen (secondary N) is 3. The molecule has 0 saturated carbocycles. The van der Waals surface area contributed by atoms with Crippen molar-refractivity contribution in [3.63, 3.8) is 0 Å². The normalized spacial score (nSPS) is 12.3. The Morgan fingerprint density at radius 1 is 0.688 bits per heavy atom. The first-order chi connectivity index (χ1) is 31.1. The van der Waals surface area contributed by atoms with Crippen LogP contribution >= 0.6 is 0 Å². The van der Waals surface area contributed by atoms with Crippen LogP contribution in [-0.2, 0) is 51.0 Å². The van der Waals surface area contributed by atoms with Gasteiger partial charge in [0.2, 0.25) is 17.7 Å². The van der Waals surface area contributed by atoms with Gasteiger partial charge in [-0.05, 0) is 86.1 Å². The molecule has 0 aliphatic carbocycles. The fourth-order valence-electron chi connectivity index (χ4n) is 6.72. The monoisotopic (exact) mass is 889 g/mol. The quantitative estimate of drug-likeness (QED) is 0.0401. The first-order valence-corrected chi connectivity index (χ1v) is 21.3. The molecule has 3 aromatic carbocycles. The Labute approximate surface area is 372 Å². The molecule has 3 aromatic rings. The second-order valence-electron chi connectivity index (χ2n) is 14.6. The maximum atomic E-state index is 13.1. The summed E-state index contributed by atoms with van der Waals surface area (Å²) in [6, 6.07) is 16.7. The molecule has 0 spiro atoms. The van der Waals surface area contributed by atoms with Gasteiger partial charge in [0.15, 0.2) is 18.1 Å². The van der Waals surface area contributed by atoms with Crippen molar-refractivity contribution >= 4 is 47.4 Å². The lowest BCUT2D eigenvalue weighted by Gasteiger charge is -2.22. The molecule has 4 rings (SSSR count). The number of fused-ring (bicyclic) bond motifs is 1. The molecule has 1 atom stereocenters. The predicted octanol–water partition coefficient (Wildman–Crippen LogP) is 3.17. The number of benzene rings is 3. The SMILES string of the molecule is COc1ccc(CCCc2cccc(NC(=O)CCC(=O)NCCCOCCOCCOCCCNC(=O)COc3cccc4c3C(=O)N(C(CCC=O)C(N)=O)C4=O)c2)cc1OC. The molecule has 0 radical (unpaired) electrons. The van der Waals surface area contributed by atoms with Gasteiger partial charge in [-0.1, -0.05) is 24.3 Å². The Bertz CT molecular complexity index is 2040. The molecule has 6 amide bonds. The van der Waals surface area contributed by atoms with E-state index < -0.39 is 36.3 Å². The molecule has 346 valence electrons. The molecule has 0 fully saturated rings. The highest BCUT2D eigenvalue weighted by Gasteiger charge is 2.43. The maximum Gasteiger partial charge on any atom is 0.266 e. The van der Waals surface area contributed by atoms with Crippen molar-refractivity contribution in [3.05, 3.63) is 82.9 Å². The third-order valence-electron chi connectivity index (χ3n) is 9.95. The number of hydrogen-bond donors (Lipinski definition) is 4. The van der Waals surface area contributed by atoms with E-state index in [1.165, 1.54) is 18.2 Å². The first kappa shape index (κ1) is 50.3. The van der Waals surface area contributed by atoms with Crippen LogP contribution in [0.1, 0.15) is 76.8 Å². The number of primary amides is 1. The smallest absolute Gasteiger partial charge is 0.266 e. The van der Waals surface area contributed by atoms with E-state index in [9.17, 15) is 33.6 Å². The van der Waals surface area contributed by atoms with Crippen LogP contribution in [0.15, 0.2) is 60.7 Å². The Hall–Kier alpha value is -6.37. The summed E-state index contributed by atoms with van der Waals surface area (Å²) in [6.07, 6.45) is 4.32. The van der Waals surface area contributed by atoms with E-state index >= 15 is 0 Å². The van der Waals surface area contributed by atoms with Crippen molar-refractivity contribution in [1.82, 2.24) is 15.5 Å². The van der Waals surface area contributed by atoms with Gasteiger partial charge in [0.1, 0.15) is 18.1 Å². The van der Waals surface area contributed by atoms with Gasteiger partial charge in [-0.25, -0.2) is 0 Å². The Balaban J connectivity index is 0.947. The summed E-state index contributed by atoms with van der Waals surface area (Å²) in [5, 5.41) is 8.39. The summed E-state index contributed by atoms with van der Waals surface area (Å²) in [5.74, 6) is -1.91. The van der Waals surface area contributed by atoms with Gasteiger partial charge in [-0.15, -0.1) is 0 Å². The molecule has 0 saturated heterocycles. The van der Waals surface area contributed by atoms with Crippen LogP contribution in [0.4, 0.5) is 5.69 Å². The van der Waals surface area contributed by atoms with Gasteiger partial charge in [-0.2, -0.15) is 0 Å². The summed E-state index contributed by atoms with van der Waals surface area (Å²) in [6.45, 7) is 2.59. The van der Waals surface area contributed by atoms with Crippen molar-refractivity contribution in [1.29, 1.82) is 0 Å². The van der Waals surface area contributed by atoms with E-state index in [1.54, 1.807) is 14.2 Å². The van der Waals surface area contributed by atoms with E-state index in [0.717, 1.165) is 35.3 Å². The number of aldehydes is 1. The van der Waals surface area contributed by atoms with Crippen molar-refractivity contribution in [3.8, 4) is 17.2 Å². The molecular formula is C46H59N5O13. The lowest BCUT2D eigenvalue weighted by molar-refractivity contribution is -0.124. The molecule has 0 bridgehead atoms. The number of nitrogens with zero attached hydrogens (tertiary/aromatic N) is 1. The van der Waals surface area contributed by atoms with Crippen LogP contribution in [0.3, 0.4) is 0 Å². The van der Waals surface area contributed by atoms with Crippen LogP contribution in [0.2, 0.25) is 0 Å². The summed E-state index contributed by atoms with van der Waals surface area (Å²) < 4.78 is 32.8. The Kier molecular flexibility index (Phi) is 21.7. The number of ether oxygens (including phenoxy) is 6. The second kappa shape index (κ2) is 27.6. The average Bonchev–Trinajstić information content (AvgIpc) is 3.54. The van der Waals surface area contributed by atoms with Crippen molar-refractivity contribution < 1.29 is 62.0 Å². The van der Waals surface area contributed by atoms with Crippen molar-refractivity contribution in [2.24, 2.45) is 5.73 Å². The van der Waals surface area contributed by atoms with Gasteiger partial charge in [0, 0.05) is 51.3 Å². The molecular weight excluding hydrogens is 831 g/mol. The van der Waals surface area contributed by atoms with Gasteiger partial charge in [0.05, 0.1) is 51.8 Å². The minimum atomic E-state index is -1.29. The number of aryl methyl sites for hydroxylation is 2. The van der Waals surface area contributed by atoms with Crippen molar-refractivity contribution in [2.45, 2.75) is 63.8 Å². The summed E-state index contributed by atoms with van der Waals surface area (Å²) >= 11 is 0. The molecule has 18 heteroatoms. The van der Waals surface area contributed by atoms with E-state index in [2.05, 4.69) is 16.0 Å². The van der Waals surface area contributed by atoms with Gasteiger partial charge >= 0.3 is 0 Å². The Morgan fingerprint density at radius 2 is 1.31 bits per heavy atom. The highest BCUT2D eigenvalue weighted by Crippen LogP contribution is 2.33. The molecule has 1 heterocycles. The summed E-state index contributed by atoms with van der Waals surface area (Å²) in [4.78, 5) is 86.7. The highest BCUT2D eigenvalue weighted by molar-refractivity contribution is 6.24. The zero-order valence-corrected chi connectivity index (χ0v) is 36.5. The minimum Gasteiger partial charge on any atom is -0.493 e. The number of rotatable bonds is 32. The Morgan fingerprint density at radius 3 is 1.97 bits per heavy atom. The zero-order valence-electron chi connectivity index (χ0n) is 36.5. The minimum absolute atomic E-state index is 0.00885. The second-order valence-corrected chi connectivity index (χ2v) is 14.6. The highest BCUT2D eigenvalue weighted by atomic mass is 16.5. The van der Waals surface area contributed by atoms with Crippen LogP contribution in [-0.4, -0.2) is 126 Å². The standard InChI is InChI=1S/C46H59N5O13/c1-59-37-17-16-33(30-39(37)60-2)10-3-9-32-11-4-12-34(29-32)50-41(54)19-18-40(53)48-20-7-23-61-25-27-63-28-26-62-24-8-21-49-42(55)31-64-38-15-5-13-35-43(38)46(58)51(45(35)57)36(44(47)56)14-6-22-52/h4-5,11-13,15-17,22,29-30,36H,3,6-10,14,18-21,23-28,31H2,1-2H3,(H2,47,56)(H,48,53)(H,49,55)(H,50,54). The third kappa shape index (κ3) is 16.4. The summed E-state index contributed by atoms with van der Waals surface area (Å²) in [5.41, 5.74) is 8.30. The summed E-state index contributed by atoms with van der Waals surface area (Å²) in [7, 11) is 3.23. The van der Waals surface area contributed by atoms with E-state index in [1.807, 2.05) is 42.5 Å². The lowest BCUT2D eigenvalue weighted by atomic mass is 10.0. The number of anilines is 1.